The van der Waals surface area contributed by atoms with Crippen LogP contribution in [0.3, 0.4) is 0 Å². The smallest absolute Gasteiger partial charge is 0.226 e. The Kier molecular flexibility index (Phi) is 6.39. The van der Waals surface area contributed by atoms with E-state index in [1.807, 2.05) is 25.5 Å². The van der Waals surface area contributed by atoms with Crippen LogP contribution in [-0.4, -0.2) is 25.5 Å². The van der Waals surface area contributed by atoms with Crippen LogP contribution in [0.4, 0.5) is 10.1 Å². The van der Waals surface area contributed by atoms with Gasteiger partial charge in [0.05, 0.1) is 39.9 Å². The van der Waals surface area contributed by atoms with Gasteiger partial charge in [-0.15, -0.1) is 0 Å². The van der Waals surface area contributed by atoms with Gasteiger partial charge in [0.2, 0.25) is 5.91 Å². The molecule has 0 saturated carbocycles. The summed E-state index contributed by atoms with van der Waals surface area (Å²) in [5.41, 5.74) is 4.03. The van der Waals surface area contributed by atoms with Gasteiger partial charge in [0, 0.05) is 17.1 Å². The van der Waals surface area contributed by atoms with Crippen LogP contribution in [-0.2, 0) is 17.9 Å². The number of benzene rings is 1. The molecule has 0 radical (unpaired) electrons. The molecule has 2 aromatic heterocycles. The number of halogens is 3. The minimum Gasteiger partial charge on any atom is -0.323 e. The molecule has 0 aliphatic rings. The number of nitrogens with one attached hydrogen (secondary N) is 1. The van der Waals surface area contributed by atoms with Gasteiger partial charge in [-0.05, 0) is 61.1 Å². The third-order valence-electron chi connectivity index (χ3n) is 4.58. The molecule has 1 amide bonds. The lowest BCUT2D eigenvalue weighted by atomic mass is 10.2. The summed E-state index contributed by atoms with van der Waals surface area (Å²) in [4.78, 5) is 12.4. The molecule has 0 saturated heterocycles. The molecule has 0 fully saturated rings. The fraction of sp³-hybridized carbons (Fsp3) is 0.316. The van der Waals surface area contributed by atoms with E-state index in [2.05, 4.69) is 38.1 Å². The predicted octanol–water partition coefficient (Wildman–Crippen LogP) is 4.48. The Bertz CT molecular complexity index is 1030. The second-order valence-electron chi connectivity index (χ2n) is 6.54. The summed E-state index contributed by atoms with van der Waals surface area (Å²) >= 11 is 8.34. The third kappa shape index (κ3) is 4.54. The molecule has 28 heavy (non-hydrogen) atoms. The van der Waals surface area contributed by atoms with Crippen molar-refractivity contribution in [3.8, 4) is 0 Å². The van der Waals surface area contributed by atoms with Crippen LogP contribution in [0.15, 0.2) is 24.4 Å². The average Bonchev–Trinajstić information content (AvgIpc) is 3.09. The van der Waals surface area contributed by atoms with Gasteiger partial charge in [0.1, 0.15) is 5.82 Å². The van der Waals surface area contributed by atoms with Crippen LogP contribution in [0, 0.1) is 30.2 Å². The first kappa shape index (κ1) is 20.8. The highest BCUT2D eigenvalue weighted by molar-refractivity contribution is 14.1. The van der Waals surface area contributed by atoms with Crippen molar-refractivity contribution in [1.82, 2.24) is 19.6 Å². The maximum Gasteiger partial charge on any atom is 0.226 e. The molecule has 3 rings (SSSR count). The quantitative estimate of drug-likeness (QED) is 0.493. The molecule has 148 valence electrons. The zero-order valence-corrected chi connectivity index (χ0v) is 18.7. The Morgan fingerprint density at radius 2 is 2.00 bits per heavy atom. The minimum atomic E-state index is -0.378. The maximum absolute atomic E-state index is 13.2. The fourth-order valence-corrected chi connectivity index (χ4v) is 3.53. The molecule has 0 aliphatic carbocycles. The second kappa shape index (κ2) is 8.60. The van der Waals surface area contributed by atoms with Crippen LogP contribution >= 0.6 is 34.2 Å². The predicted molar refractivity (Wildman–Crippen MR) is 115 cm³/mol. The SMILES string of the molecule is Cc1nn(Cc2ccc(F)cc2Cl)c(C)c1NC(=O)CCn1ncc(I)c1C. The van der Waals surface area contributed by atoms with Crippen molar-refractivity contribution in [2.45, 2.75) is 40.3 Å². The first-order chi connectivity index (χ1) is 13.3. The van der Waals surface area contributed by atoms with Crippen LogP contribution in [0.25, 0.3) is 0 Å². The van der Waals surface area contributed by atoms with E-state index in [9.17, 15) is 9.18 Å². The lowest BCUT2D eigenvalue weighted by Crippen LogP contribution is -2.16. The van der Waals surface area contributed by atoms with E-state index in [1.165, 1.54) is 12.1 Å². The number of hydrogen-bond acceptors (Lipinski definition) is 3. The summed E-state index contributed by atoms with van der Waals surface area (Å²) in [5, 5.41) is 12.1. The molecule has 0 spiro atoms. The van der Waals surface area contributed by atoms with Crippen molar-refractivity contribution in [3.63, 3.8) is 0 Å². The van der Waals surface area contributed by atoms with Crippen molar-refractivity contribution in [2.75, 3.05) is 5.32 Å². The lowest BCUT2D eigenvalue weighted by Gasteiger charge is -2.09. The zero-order valence-electron chi connectivity index (χ0n) is 15.8. The standard InChI is InChI=1S/C19H20ClFIN5O/c1-11-19(24-18(28)6-7-26-12(2)17(22)9-23-26)13(3)27(25-11)10-14-4-5-15(21)8-16(14)20/h4-5,8-9H,6-7,10H2,1-3H3,(H,24,28). The third-order valence-corrected chi connectivity index (χ3v) is 5.99. The Morgan fingerprint density at radius 1 is 1.25 bits per heavy atom. The number of carbonyl (C=O) groups is 1. The van der Waals surface area contributed by atoms with Crippen molar-refractivity contribution in [1.29, 1.82) is 0 Å². The summed E-state index contributed by atoms with van der Waals surface area (Å²) < 4.78 is 17.9. The van der Waals surface area contributed by atoms with Gasteiger partial charge in [-0.2, -0.15) is 10.2 Å². The van der Waals surface area contributed by atoms with Gasteiger partial charge in [-0.3, -0.25) is 14.2 Å². The summed E-state index contributed by atoms with van der Waals surface area (Å²) in [5.74, 6) is -0.479. The largest absolute Gasteiger partial charge is 0.323 e. The number of aromatic nitrogens is 4. The molecule has 0 aliphatic heterocycles. The van der Waals surface area contributed by atoms with Gasteiger partial charge in [-0.25, -0.2) is 4.39 Å². The molecule has 0 atom stereocenters. The van der Waals surface area contributed by atoms with Crippen molar-refractivity contribution < 1.29 is 9.18 Å². The molecular formula is C19H20ClFIN5O. The molecule has 1 aromatic carbocycles. The van der Waals surface area contributed by atoms with E-state index >= 15 is 0 Å². The summed E-state index contributed by atoms with van der Waals surface area (Å²) in [6.07, 6.45) is 2.10. The number of rotatable bonds is 6. The molecule has 0 bridgehead atoms. The van der Waals surface area contributed by atoms with E-state index < -0.39 is 0 Å². The van der Waals surface area contributed by atoms with Gasteiger partial charge < -0.3 is 5.32 Å². The van der Waals surface area contributed by atoms with Crippen LogP contribution in [0.5, 0.6) is 0 Å². The normalized spacial score (nSPS) is 11.1. The van der Waals surface area contributed by atoms with Gasteiger partial charge >= 0.3 is 0 Å². The minimum absolute atomic E-state index is 0.101. The molecule has 2 heterocycles. The van der Waals surface area contributed by atoms with E-state index in [0.29, 0.717) is 35.9 Å². The highest BCUT2D eigenvalue weighted by Crippen LogP contribution is 2.23. The summed E-state index contributed by atoms with van der Waals surface area (Å²) in [7, 11) is 0. The second-order valence-corrected chi connectivity index (χ2v) is 8.11. The fourth-order valence-electron chi connectivity index (χ4n) is 2.90. The topological polar surface area (TPSA) is 64.7 Å². The van der Waals surface area contributed by atoms with Gasteiger partial charge in [-0.1, -0.05) is 17.7 Å². The zero-order chi connectivity index (χ0) is 20.4. The van der Waals surface area contributed by atoms with Crippen LogP contribution in [0.2, 0.25) is 5.02 Å². The maximum atomic E-state index is 13.2. The summed E-state index contributed by atoms with van der Waals surface area (Å²) in [6.45, 7) is 6.61. The Balaban J connectivity index is 1.69. The van der Waals surface area contributed by atoms with E-state index in [1.54, 1.807) is 16.9 Å². The van der Waals surface area contributed by atoms with Gasteiger partial charge in [0.25, 0.3) is 0 Å². The number of aryl methyl sites for hydroxylation is 2. The van der Waals surface area contributed by atoms with Gasteiger partial charge in [0.15, 0.2) is 0 Å². The Labute approximate surface area is 181 Å². The van der Waals surface area contributed by atoms with E-state index in [4.69, 9.17) is 11.6 Å². The highest BCUT2D eigenvalue weighted by Gasteiger charge is 2.16. The number of carbonyl (C=O) groups excluding carboxylic acids is 1. The highest BCUT2D eigenvalue weighted by atomic mass is 127. The van der Waals surface area contributed by atoms with Crippen molar-refractivity contribution in [2.24, 2.45) is 0 Å². The molecule has 1 N–H and O–H groups in total. The molecule has 6 nitrogen and oxygen atoms in total. The Morgan fingerprint density at radius 3 is 2.64 bits per heavy atom. The number of amides is 1. The lowest BCUT2D eigenvalue weighted by molar-refractivity contribution is -0.116. The van der Waals surface area contributed by atoms with Crippen molar-refractivity contribution >= 4 is 45.8 Å². The van der Waals surface area contributed by atoms with Crippen LogP contribution < -0.4 is 5.32 Å². The van der Waals surface area contributed by atoms with E-state index in [-0.39, 0.29) is 11.7 Å². The summed E-state index contributed by atoms with van der Waals surface area (Å²) in [6, 6.07) is 4.29. The molecule has 3 aromatic rings. The molecule has 9 heteroatoms. The Hall–Kier alpha value is -1.94. The van der Waals surface area contributed by atoms with Crippen molar-refractivity contribution in [3.05, 3.63) is 61.5 Å². The average molecular weight is 516 g/mol. The molecular weight excluding hydrogens is 496 g/mol. The number of hydrogen-bond donors (Lipinski definition) is 1. The van der Waals surface area contributed by atoms with Crippen LogP contribution in [0.1, 0.15) is 29.1 Å². The number of anilines is 1. The first-order valence-corrected chi connectivity index (χ1v) is 10.2. The monoisotopic (exact) mass is 515 g/mol. The molecule has 0 unspecified atom stereocenters. The number of nitrogens with zero attached hydrogens (tertiary/aromatic N) is 4. The van der Waals surface area contributed by atoms with E-state index in [0.717, 1.165) is 20.5 Å². The first-order valence-electron chi connectivity index (χ1n) is 8.72.